The molecule has 2 rings (SSSR count). The second kappa shape index (κ2) is 8.25. The molecule has 0 unspecified atom stereocenters. The van der Waals surface area contributed by atoms with Crippen molar-refractivity contribution in [3.05, 3.63) is 62.3 Å². The van der Waals surface area contributed by atoms with Crippen LogP contribution in [0.4, 0.5) is 11.6 Å². The lowest BCUT2D eigenvalue weighted by Crippen LogP contribution is -2.20. The van der Waals surface area contributed by atoms with Crippen LogP contribution in [0, 0.1) is 17.0 Å². The number of carbonyl (C=O) groups excluding carboxylic acids is 2. The van der Waals surface area contributed by atoms with Crippen molar-refractivity contribution in [1.29, 1.82) is 0 Å². The maximum absolute atomic E-state index is 11.8. The van der Waals surface area contributed by atoms with Crippen LogP contribution in [-0.4, -0.2) is 23.4 Å². The van der Waals surface area contributed by atoms with Crippen molar-refractivity contribution >= 4 is 45.5 Å². The molecule has 8 nitrogen and oxygen atoms in total. The maximum atomic E-state index is 11.8. The Hall–Kier alpha value is -2.94. The van der Waals surface area contributed by atoms with Gasteiger partial charge in [-0.2, -0.15) is 0 Å². The molecule has 0 aliphatic carbocycles. The number of nitrogens with zero attached hydrogens (tertiary/aromatic N) is 1. The third-order valence-corrected chi connectivity index (χ3v) is 3.48. The molecule has 9 heteroatoms. The van der Waals surface area contributed by atoms with E-state index in [4.69, 9.17) is 9.15 Å². The van der Waals surface area contributed by atoms with Crippen molar-refractivity contribution in [3.8, 4) is 0 Å². The van der Waals surface area contributed by atoms with Gasteiger partial charge in [-0.05, 0) is 42.8 Å². The lowest BCUT2D eigenvalue weighted by atomic mass is 10.2. The first-order chi connectivity index (χ1) is 11.8. The number of furan rings is 1. The second-order valence-corrected chi connectivity index (χ2v) is 5.80. The minimum atomic E-state index is -0.776. The predicted octanol–water partition coefficient (Wildman–Crippen LogP) is 3.45. The third kappa shape index (κ3) is 5.57. The van der Waals surface area contributed by atoms with Crippen molar-refractivity contribution < 1.29 is 23.7 Å². The summed E-state index contributed by atoms with van der Waals surface area (Å²) in [6.45, 7) is 1.37. The molecule has 0 atom stereocenters. The Morgan fingerprint density at radius 1 is 1.36 bits per heavy atom. The summed E-state index contributed by atoms with van der Waals surface area (Å²) in [4.78, 5) is 33.1. The Bertz CT molecular complexity index is 843. The molecule has 0 radical (unpaired) electrons. The molecule has 1 aromatic heterocycles. The number of carbonyl (C=O) groups is 2. The highest BCUT2D eigenvalue weighted by Crippen LogP contribution is 2.20. The van der Waals surface area contributed by atoms with Crippen LogP contribution in [-0.2, 0) is 14.3 Å². The number of anilines is 1. The summed E-state index contributed by atoms with van der Waals surface area (Å²) in [7, 11) is 0. The van der Waals surface area contributed by atoms with Crippen LogP contribution in [0.25, 0.3) is 6.08 Å². The normalized spacial score (nSPS) is 10.6. The van der Waals surface area contributed by atoms with Gasteiger partial charge < -0.3 is 14.5 Å². The smallest absolute Gasteiger partial charge is 0.433 e. The number of nitro groups is 1. The molecular weight excluding hydrogens is 396 g/mol. The third-order valence-electron chi connectivity index (χ3n) is 2.98. The Kier molecular flexibility index (Phi) is 6.07. The predicted molar refractivity (Wildman–Crippen MR) is 92.9 cm³/mol. The van der Waals surface area contributed by atoms with Crippen LogP contribution >= 0.6 is 15.9 Å². The van der Waals surface area contributed by atoms with Crippen LogP contribution in [0.5, 0.6) is 0 Å². The van der Waals surface area contributed by atoms with E-state index in [0.29, 0.717) is 5.69 Å². The summed E-state index contributed by atoms with van der Waals surface area (Å²) in [6, 6.07) is 7.85. The Labute approximate surface area is 150 Å². The number of benzene rings is 1. The fourth-order valence-corrected chi connectivity index (χ4v) is 2.29. The van der Waals surface area contributed by atoms with Crippen molar-refractivity contribution in [1.82, 2.24) is 0 Å². The molecule has 0 bridgehead atoms. The van der Waals surface area contributed by atoms with Gasteiger partial charge in [0.2, 0.25) is 0 Å². The Balaban J connectivity index is 1.83. The summed E-state index contributed by atoms with van der Waals surface area (Å²) < 4.78 is 10.5. The van der Waals surface area contributed by atoms with Crippen LogP contribution in [0.15, 0.2) is 45.3 Å². The van der Waals surface area contributed by atoms with E-state index in [9.17, 15) is 19.7 Å². The minimum absolute atomic E-state index is 0.124. The van der Waals surface area contributed by atoms with E-state index in [2.05, 4.69) is 21.2 Å². The van der Waals surface area contributed by atoms with E-state index >= 15 is 0 Å². The molecule has 0 fully saturated rings. The Morgan fingerprint density at radius 3 is 2.76 bits per heavy atom. The number of amides is 1. The zero-order chi connectivity index (χ0) is 18.4. The highest BCUT2D eigenvalue weighted by atomic mass is 79.9. The number of halogens is 1. The minimum Gasteiger partial charge on any atom is -0.452 e. The second-order valence-electron chi connectivity index (χ2n) is 4.88. The summed E-state index contributed by atoms with van der Waals surface area (Å²) >= 11 is 3.32. The van der Waals surface area contributed by atoms with E-state index in [1.807, 2.05) is 13.0 Å². The van der Waals surface area contributed by atoms with Crippen molar-refractivity contribution in [2.45, 2.75) is 6.92 Å². The molecule has 0 spiro atoms. The van der Waals surface area contributed by atoms with E-state index in [-0.39, 0.29) is 5.76 Å². The molecule has 1 N–H and O–H groups in total. The zero-order valence-electron chi connectivity index (χ0n) is 13.0. The average Bonchev–Trinajstić information content (AvgIpc) is 3.03. The fourth-order valence-electron chi connectivity index (χ4n) is 1.82. The van der Waals surface area contributed by atoms with Crippen LogP contribution in [0.2, 0.25) is 0 Å². The number of hydrogen-bond acceptors (Lipinski definition) is 6. The topological polar surface area (TPSA) is 112 Å². The molecule has 0 aliphatic rings. The molecular formula is C16H13BrN2O6. The van der Waals surface area contributed by atoms with Crippen LogP contribution < -0.4 is 5.32 Å². The molecule has 25 heavy (non-hydrogen) atoms. The Morgan fingerprint density at radius 2 is 2.12 bits per heavy atom. The molecule has 130 valence electrons. The van der Waals surface area contributed by atoms with E-state index in [1.165, 1.54) is 18.2 Å². The van der Waals surface area contributed by atoms with Gasteiger partial charge in [-0.1, -0.05) is 15.9 Å². The first kappa shape index (κ1) is 18.4. The molecule has 0 saturated heterocycles. The SMILES string of the molecule is Cc1cc(Br)ccc1NC(=O)COC(=O)/C=C/c1ccc([N+](=O)[O-])o1. The van der Waals surface area contributed by atoms with E-state index in [1.54, 1.807) is 12.1 Å². The van der Waals surface area contributed by atoms with Crippen LogP contribution in [0.1, 0.15) is 11.3 Å². The molecule has 1 amide bonds. The van der Waals surface area contributed by atoms with Gasteiger partial charge in [0.15, 0.2) is 6.61 Å². The highest BCUT2D eigenvalue weighted by Gasteiger charge is 2.11. The number of esters is 1. The summed E-state index contributed by atoms with van der Waals surface area (Å²) in [5.41, 5.74) is 1.47. The lowest BCUT2D eigenvalue weighted by Gasteiger charge is -2.08. The molecule has 1 aromatic carbocycles. The monoisotopic (exact) mass is 408 g/mol. The van der Waals surface area contributed by atoms with Gasteiger partial charge in [0, 0.05) is 16.2 Å². The molecule has 2 aromatic rings. The van der Waals surface area contributed by atoms with Gasteiger partial charge in [-0.15, -0.1) is 0 Å². The van der Waals surface area contributed by atoms with Gasteiger partial charge in [0.25, 0.3) is 5.91 Å². The van der Waals surface area contributed by atoms with Gasteiger partial charge in [0.1, 0.15) is 10.7 Å². The summed E-state index contributed by atoms with van der Waals surface area (Å²) in [6.07, 6.45) is 2.23. The van der Waals surface area contributed by atoms with Gasteiger partial charge in [-0.25, -0.2) is 4.79 Å². The quantitative estimate of drug-likeness (QED) is 0.339. The maximum Gasteiger partial charge on any atom is 0.433 e. The molecule has 0 saturated carbocycles. The molecule has 1 heterocycles. The van der Waals surface area contributed by atoms with E-state index in [0.717, 1.165) is 16.1 Å². The average molecular weight is 409 g/mol. The van der Waals surface area contributed by atoms with Gasteiger partial charge in [0.05, 0.1) is 6.07 Å². The van der Waals surface area contributed by atoms with Crippen molar-refractivity contribution in [2.75, 3.05) is 11.9 Å². The van der Waals surface area contributed by atoms with Crippen molar-refractivity contribution in [2.24, 2.45) is 0 Å². The van der Waals surface area contributed by atoms with Gasteiger partial charge >= 0.3 is 11.9 Å². The largest absolute Gasteiger partial charge is 0.452 e. The van der Waals surface area contributed by atoms with E-state index < -0.39 is 29.3 Å². The number of rotatable bonds is 6. The fraction of sp³-hybridized carbons (Fsp3) is 0.125. The number of ether oxygens (including phenoxy) is 1. The van der Waals surface area contributed by atoms with Gasteiger partial charge in [-0.3, -0.25) is 14.9 Å². The number of hydrogen-bond donors (Lipinski definition) is 1. The number of aryl methyl sites for hydroxylation is 1. The molecule has 0 aliphatic heterocycles. The first-order valence-electron chi connectivity index (χ1n) is 7.00. The summed E-state index contributed by atoms with van der Waals surface area (Å²) in [5, 5.41) is 13.1. The standard InChI is InChI=1S/C16H13BrN2O6/c1-10-8-11(17)2-5-13(10)18-14(20)9-24-16(21)7-4-12-3-6-15(25-12)19(22)23/h2-8H,9H2,1H3,(H,18,20)/b7-4+. The first-order valence-corrected chi connectivity index (χ1v) is 7.79. The zero-order valence-corrected chi connectivity index (χ0v) is 14.6. The highest BCUT2D eigenvalue weighted by molar-refractivity contribution is 9.10. The summed E-state index contributed by atoms with van der Waals surface area (Å²) in [5.74, 6) is -1.57. The lowest BCUT2D eigenvalue weighted by molar-refractivity contribution is -0.402. The van der Waals surface area contributed by atoms with Crippen molar-refractivity contribution in [3.63, 3.8) is 0 Å². The number of nitrogens with one attached hydrogen (secondary N) is 1. The van der Waals surface area contributed by atoms with Crippen LogP contribution in [0.3, 0.4) is 0 Å².